The maximum Gasteiger partial charge on any atom is 0.309 e. The minimum Gasteiger partial charge on any atom is -0.469 e. The summed E-state index contributed by atoms with van der Waals surface area (Å²) in [7, 11) is 1.31. The molecule has 7 heteroatoms. The topological polar surface area (TPSA) is 55.4 Å². The van der Waals surface area contributed by atoms with Gasteiger partial charge in [0.1, 0.15) is 0 Å². The van der Waals surface area contributed by atoms with E-state index in [4.69, 9.17) is 34.8 Å². The lowest BCUT2D eigenvalue weighted by Crippen LogP contribution is -2.13. The minimum absolute atomic E-state index is 0.0980. The molecule has 2 aromatic rings. The molecule has 4 nitrogen and oxygen atoms in total. The summed E-state index contributed by atoms with van der Waals surface area (Å²) >= 11 is 18.1. The van der Waals surface area contributed by atoms with Gasteiger partial charge in [-0.15, -0.1) is 0 Å². The van der Waals surface area contributed by atoms with Gasteiger partial charge in [0.2, 0.25) is 0 Å². The number of esters is 1. The van der Waals surface area contributed by atoms with Crippen molar-refractivity contribution >= 4 is 52.4 Å². The summed E-state index contributed by atoms with van der Waals surface area (Å²) in [5.41, 5.74) is 1.24. The lowest BCUT2D eigenvalue weighted by molar-refractivity contribution is -0.139. The highest BCUT2D eigenvalue weighted by molar-refractivity contribution is 6.40. The second kappa shape index (κ2) is 7.68. The zero-order chi connectivity index (χ0) is 17.0. The SMILES string of the molecule is COC(=O)Cc1ccc(NC(=O)c2c(Cl)cccc2Cl)c(Cl)c1. The van der Waals surface area contributed by atoms with Crippen LogP contribution < -0.4 is 5.32 Å². The smallest absolute Gasteiger partial charge is 0.309 e. The fourth-order valence-corrected chi connectivity index (χ4v) is 2.73. The molecule has 1 N–H and O–H groups in total. The summed E-state index contributed by atoms with van der Waals surface area (Å²) in [6.45, 7) is 0. The van der Waals surface area contributed by atoms with Gasteiger partial charge in [0.05, 0.1) is 39.8 Å². The van der Waals surface area contributed by atoms with E-state index in [-0.39, 0.29) is 28.0 Å². The van der Waals surface area contributed by atoms with E-state index in [9.17, 15) is 9.59 Å². The van der Waals surface area contributed by atoms with Crippen molar-refractivity contribution in [3.63, 3.8) is 0 Å². The van der Waals surface area contributed by atoms with E-state index >= 15 is 0 Å². The van der Waals surface area contributed by atoms with Gasteiger partial charge in [-0.2, -0.15) is 0 Å². The normalized spacial score (nSPS) is 10.3. The number of benzene rings is 2. The van der Waals surface area contributed by atoms with E-state index in [1.54, 1.807) is 36.4 Å². The molecule has 0 unspecified atom stereocenters. The van der Waals surface area contributed by atoms with E-state index < -0.39 is 5.91 Å². The summed E-state index contributed by atoms with van der Waals surface area (Å²) in [5.74, 6) is -0.844. The van der Waals surface area contributed by atoms with Crippen LogP contribution in [0, 0.1) is 0 Å². The summed E-state index contributed by atoms with van der Waals surface area (Å²) in [6.07, 6.45) is 0.0980. The van der Waals surface area contributed by atoms with Gasteiger partial charge in [-0.05, 0) is 29.8 Å². The van der Waals surface area contributed by atoms with Crippen LogP contribution in [-0.2, 0) is 16.0 Å². The number of ether oxygens (including phenoxy) is 1. The summed E-state index contributed by atoms with van der Waals surface area (Å²) in [5, 5.41) is 3.43. The third-order valence-electron chi connectivity index (χ3n) is 3.05. The molecule has 0 heterocycles. The molecule has 120 valence electrons. The Kier molecular flexibility index (Phi) is 5.88. The first-order valence-electron chi connectivity index (χ1n) is 6.53. The van der Waals surface area contributed by atoms with Crippen molar-refractivity contribution in [2.45, 2.75) is 6.42 Å². The first-order valence-corrected chi connectivity index (χ1v) is 7.66. The predicted molar refractivity (Wildman–Crippen MR) is 91.6 cm³/mol. The highest BCUT2D eigenvalue weighted by Crippen LogP contribution is 2.28. The van der Waals surface area contributed by atoms with Gasteiger partial charge < -0.3 is 10.1 Å². The summed E-state index contributed by atoms with van der Waals surface area (Å²) in [4.78, 5) is 23.6. The molecule has 23 heavy (non-hydrogen) atoms. The predicted octanol–water partition coefficient (Wildman–Crippen LogP) is 4.61. The van der Waals surface area contributed by atoms with Gasteiger partial charge in [-0.1, -0.05) is 46.9 Å². The molecule has 0 radical (unpaired) electrons. The van der Waals surface area contributed by atoms with Crippen LogP contribution in [0.1, 0.15) is 15.9 Å². The number of carbonyl (C=O) groups is 2. The number of rotatable bonds is 4. The van der Waals surface area contributed by atoms with Gasteiger partial charge in [-0.3, -0.25) is 9.59 Å². The van der Waals surface area contributed by atoms with Gasteiger partial charge >= 0.3 is 5.97 Å². The Morgan fingerprint density at radius 1 is 1.04 bits per heavy atom. The van der Waals surface area contributed by atoms with Crippen LogP contribution in [0.5, 0.6) is 0 Å². The van der Waals surface area contributed by atoms with Crippen molar-refractivity contribution in [2.24, 2.45) is 0 Å². The average Bonchev–Trinajstić information content (AvgIpc) is 2.49. The van der Waals surface area contributed by atoms with E-state index in [2.05, 4.69) is 10.1 Å². The van der Waals surface area contributed by atoms with E-state index in [0.29, 0.717) is 16.3 Å². The largest absolute Gasteiger partial charge is 0.469 e. The average molecular weight is 373 g/mol. The number of methoxy groups -OCH3 is 1. The highest BCUT2D eigenvalue weighted by atomic mass is 35.5. The van der Waals surface area contributed by atoms with Crippen molar-refractivity contribution in [1.29, 1.82) is 0 Å². The molecule has 0 aromatic heterocycles. The molecule has 0 aliphatic rings. The Balaban J connectivity index is 2.20. The first kappa shape index (κ1) is 17.6. The molecule has 0 bridgehead atoms. The molecular weight excluding hydrogens is 361 g/mol. The van der Waals surface area contributed by atoms with E-state index in [1.807, 2.05) is 0 Å². The quantitative estimate of drug-likeness (QED) is 0.797. The van der Waals surface area contributed by atoms with Crippen LogP contribution in [0.15, 0.2) is 36.4 Å². The van der Waals surface area contributed by atoms with Crippen LogP contribution in [-0.4, -0.2) is 19.0 Å². The van der Waals surface area contributed by atoms with Crippen molar-refractivity contribution in [3.05, 3.63) is 62.6 Å². The minimum atomic E-state index is -0.469. The zero-order valence-corrected chi connectivity index (χ0v) is 14.3. The highest BCUT2D eigenvalue weighted by Gasteiger charge is 2.16. The van der Waals surface area contributed by atoms with Crippen molar-refractivity contribution in [3.8, 4) is 0 Å². The molecule has 2 aromatic carbocycles. The lowest BCUT2D eigenvalue weighted by Gasteiger charge is -2.11. The van der Waals surface area contributed by atoms with Gasteiger partial charge in [0, 0.05) is 0 Å². The van der Waals surface area contributed by atoms with Gasteiger partial charge in [-0.25, -0.2) is 0 Å². The van der Waals surface area contributed by atoms with E-state index in [0.717, 1.165) is 0 Å². The third kappa shape index (κ3) is 4.38. The second-order valence-corrected chi connectivity index (χ2v) is 5.84. The van der Waals surface area contributed by atoms with Crippen LogP contribution in [0.3, 0.4) is 0 Å². The number of hydrogen-bond acceptors (Lipinski definition) is 3. The van der Waals surface area contributed by atoms with Gasteiger partial charge in [0.15, 0.2) is 0 Å². The van der Waals surface area contributed by atoms with E-state index in [1.165, 1.54) is 7.11 Å². The van der Waals surface area contributed by atoms with Crippen LogP contribution in [0.25, 0.3) is 0 Å². The molecule has 0 aliphatic heterocycles. The molecule has 0 spiro atoms. The number of halogens is 3. The molecule has 2 rings (SSSR count). The number of carbonyl (C=O) groups excluding carboxylic acids is 2. The van der Waals surface area contributed by atoms with Crippen molar-refractivity contribution in [1.82, 2.24) is 0 Å². The summed E-state index contributed by atoms with van der Waals surface area (Å²) in [6, 6.07) is 9.65. The Morgan fingerprint density at radius 3 is 2.26 bits per heavy atom. The monoisotopic (exact) mass is 371 g/mol. The Bertz CT molecular complexity index is 742. The molecular formula is C16H12Cl3NO3. The standard InChI is InChI=1S/C16H12Cl3NO3/c1-23-14(21)8-9-5-6-13(12(19)7-9)20-16(22)15-10(17)3-2-4-11(15)18/h2-7H,8H2,1H3,(H,20,22). The number of amides is 1. The number of nitrogens with one attached hydrogen (secondary N) is 1. The molecule has 0 saturated carbocycles. The molecule has 0 atom stereocenters. The molecule has 0 saturated heterocycles. The van der Waals surface area contributed by atoms with Gasteiger partial charge in [0.25, 0.3) is 5.91 Å². The maximum atomic E-state index is 12.3. The fourth-order valence-electron chi connectivity index (χ4n) is 1.91. The Hall–Kier alpha value is -1.75. The first-order chi connectivity index (χ1) is 10.9. The number of anilines is 1. The van der Waals surface area contributed by atoms with Crippen LogP contribution in [0.4, 0.5) is 5.69 Å². The van der Waals surface area contributed by atoms with Crippen molar-refractivity contribution < 1.29 is 14.3 Å². The molecule has 1 amide bonds. The Morgan fingerprint density at radius 2 is 1.70 bits per heavy atom. The fraction of sp³-hybridized carbons (Fsp3) is 0.125. The van der Waals surface area contributed by atoms with Crippen molar-refractivity contribution in [2.75, 3.05) is 12.4 Å². The number of hydrogen-bond donors (Lipinski definition) is 1. The zero-order valence-electron chi connectivity index (χ0n) is 12.0. The maximum absolute atomic E-state index is 12.3. The van der Waals surface area contributed by atoms with Crippen LogP contribution in [0.2, 0.25) is 15.1 Å². The van der Waals surface area contributed by atoms with Crippen LogP contribution >= 0.6 is 34.8 Å². The molecule has 0 fully saturated rings. The second-order valence-electron chi connectivity index (χ2n) is 4.62. The Labute approximate surface area is 148 Å². The summed E-state index contributed by atoms with van der Waals surface area (Å²) < 4.78 is 4.59. The third-order valence-corrected chi connectivity index (χ3v) is 3.99. The molecule has 0 aliphatic carbocycles. The lowest BCUT2D eigenvalue weighted by atomic mass is 10.1.